The van der Waals surface area contributed by atoms with Gasteiger partial charge in [-0.1, -0.05) is 37.6 Å². The number of halogens is 1. The SMILES string of the molecule is CC(C)C1CC1(N[C@@H](Cn1ccn(Cc2cccc(Cl)c2)c1=O)C(=O)O)C(=O)O. The summed E-state index contributed by atoms with van der Waals surface area (Å²) in [5, 5.41) is 22.6. The number of nitrogens with one attached hydrogen (secondary N) is 1. The molecule has 1 aliphatic rings. The lowest BCUT2D eigenvalue weighted by Gasteiger charge is -2.22. The predicted octanol–water partition coefficient (Wildman–Crippen LogP) is 1.89. The van der Waals surface area contributed by atoms with E-state index in [9.17, 15) is 24.6 Å². The summed E-state index contributed by atoms with van der Waals surface area (Å²) < 4.78 is 2.73. The smallest absolute Gasteiger partial charge is 0.328 e. The highest BCUT2D eigenvalue weighted by atomic mass is 35.5. The molecule has 8 nitrogen and oxygen atoms in total. The molecular formula is C20H24ClN3O5. The number of carbonyl (C=O) groups is 2. The van der Waals surface area contributed by atoms with Crippen LogP contribution in [-0.2, 0) is 22.7 Å². The summed E-state index contributed by atoms with van der Waals surface area (Å²) in [4.78, 5) is 36.2. The molecule has 3 rings (SSSR count). The molecule has 3 atom stereocenters. The van der Waals surface area contributed by atoms with Gasteiger partial charge in [0.25, 0.3) is 0 Å². The molecule has 1 saturated carbocycles. The summed E-state index contributed by atoms with van der Waals surface area (Å²) in [5.74, 6) is -2.30. The summed E-state index contributed by atoms with van der Waals surface area (Å²) in [5.41, 5.74) is -0.795. The fourth-order valence-corrected chi connectivity index (χ4v) is 4.02. The Morgan fingerprint density at radius 1 is 1.28 bits per heavy atom. The van der Waals surface area contributed by atoms with Gasteiger partial charge in [-0.25, -0.2) is 4.79 Å². The van der Waals surface area contributed by atoms with Gasteiger partial charge in [-0.3, -0.25) is 24.0 Å². The third-order valence-corrected chi connectivity index (χ3v) is 5.71. The minimum Gasteiger partial charge on any atom is -0.480 e. The van der Waals surface area contributed by atoms with Crippen molar-refractivity contribution in [2.24, 2.45) is 11.8 Å². The number of benzene rings is 1. The number of rotatable bonds is 9. The molecule has 2 unspecified atom stereocenters. The van der Waals surface area contributed by atoms with E-state index in [4.69, 9.17) is 11.6 Å². The van der Waals surface area contributed by atoms with Crippen LogP contribution in [0.4, 0.5) is 0 Å². The number of imidazole rings is 1. The number of carboxylic acid groups (broad SMARTS) is 2. The molecule has 29 heavy (non-hydrogen) atoms. The minimum absolute atomic E-state index is 0.106. The van der Waals surface area contributed by atoms with Crippen LogP contribution in [0.3, 0.4) is 0 Å². The fourth-order valence-electron chi connectivity index (χ4n) is 3.80. The highest BCUT2D eigenvalue weighted by Crippen LogP contribution is 2.49. The van der Waals surface area contributed by atoms with Crippen LogP contribution in [0.25, 0.3) is 0 Å². The zero-order valence-corrected chi connectivity index (χ0v) is 17.0. The molecule has 156 valence electrons. The predicted molar refractivity (Wildman–Crippen MR) is 107 cm³/mol. The lowest BCUT2D eigenvalue weighted by Crippen LogP contribution is -2.53. The maximum absolute atomic E-state index is 12.7. The van der Waals surface area contributed by atoms with Crippen LogP contribution in [0.15, 0.2) is 41.5 Å². The molecule has 1 heterocycles. The van der Waals surface area contributed by atoms with Crippen LogP contribution in [-0.4, -0.2) is 42.9 Å². The van der Waals surface area contributed by atoms with Crippen molar-refractivity contribution >= 4 is 23.5 Å². The van der Waals surface area contributed by atoms with Crippen LogP contribution in [0.1, 0.15) is 25.8 Å². The molecule has 0 amide bonds. The minimum atomic E-state index is -1.26. The van der Waals surface area contributed by atoms with Crippen molar-refractivity contribution in [3.05, 3.63) is 57.7 Å². The average Bonchev–Trinajstić information content (AvgIpc) is 3.30. The van der Waals surface area contributed by atoms with Gasteiger partial charge < -0.3 is 10.2 Å². The van der Waals surface area contributed by atoms with Crippen LogP contribution in [0.5, 0.6) is 0 Å². The fraction of sp³-hybridized carbons (Fsp3) is 0.450. The van der Waals surface area contributed by atoms with E-state index >= 15 is 0 Å². The molecule has 2 aromatic rings. The van der Waals surface area contributed by atoms with E-state index < -0.39 is 23.5 Å². The van der Waals surface area contributed by atoms with Crippen LogP contribution in [0.2, 0.25) is 5.02 Å². The van der Waals surface area contributed by atoms with Crippen molar-refractivity contribution < 1.29 is 19.8 Å². The Bertz CT molecular complexity index is 982. The molecular weight excluding hydrogens is 398 g/mol. The Hall–Kier alpha value is -2.58. The largest absolute Gasteiger partial charge is 0.480 e. The summed E-state index contributed by atoms with van der Waals surface area (Å²) in [6.45, 7) is 3.95. The highest BCUT2D eigenvalue weighted by molar-refractivity contribution is 6.30. The molecule has 0 saturated heterocycles. The normalized spacial score (nSPS) is 21.9. The van der Waals surface area contributed by atoms with Crippen molar-refractivity contribution in [3.8, 4) is 0 Å². The summed E-state index contributed by atoms with van der Waals surface area (Å²) >= 11 is 5.97. The quantitative estimate of drug-likeness (QED) is 0.569. The molecule has 0 aliphatic heterocycles. The lowest BCUT2D eigenvalue weighted by molar-refractivity contribution is -0.144. The molecule has 1 aromatic heterocycles. The van der Waals surface area contributed by atoms with E-state index in [1.807, 2.05) is 19.9 Å². The topological polar surface area (TPSA) is 114 Å². The maximum Gasteiger partial charge on any atom is 0.328 e. The van der Waals surface area contributed by atoms with Gasteiger partial charge in [0, 0.05) is 17.4 Å². The van der Waals surface area contributed by atoms with Gasteiger partial charge in [0.2, 0.25) is 0 Å². The Balaban J connectivity index is 1.77. The van der Waals surface area contributed by atoms with Crippen LogP contribution >= 0.6 is 11.6 Å². The lowest BCUT2D eigenvalue weighted by atomic mass is 10.0. The van der Waals surface area contributed by atoms with Crippen molar-refractivity contribution in [3.63, 3.8) is 0 Å². The van der Waals surface area contributed by atoms with E-state index in [0.717, 1.165) is 5.56 Å². The zero-order valence-electron chi connectivity index (χ0n) is 16.2. The molecule has 0 radical (unpaired) electrons. The maximum atomic E-state index is 12.7. The molecule has 0 spiro atoms. The van der Waals surface area contributed by atoms with Gasteiger partial charge in [-0.2, -0.15) is 0 Å². The first kappa shape index (κ1) is 21.1. The molecule has 3 N–H and O–H groups in total. The summed E-state index contributed by atoms with van der Waals surface area (Å²) in [7, 11) is 0. The van der Waals surface area contributed by atoms with E-state index in [0.29, 0.717) is 18.0 Å². The van der Waals surface area contributed by atoms with Gasteiger partial charge in [0.05, 0.1) is 13.1 Å². The first-order valence-corrected chi connectivity index (χ1v) is 9.75. The van der Waals surface area contributed by atoms with Crippen LogP contribution in [0, 0.1) is 11.8 Å². The molecule has 1 aromatic carbocycles. The number of carboxylic acids is 2. The van der Waals surface area contributed by atoms with Crippen molar-refractivity contribution in [1.29, 1.82) is 0 Å². The Morgan fingerprint density at radius 3 is 2.52 bits per heavy atom. The standard InChI is InChI=1S/C20H24ClN3O5/c1-12(2)15-9-20(15,18(27)28)22-16(17(25)26)11-24-7-6-23(19(24)29)10-13-4-3-5-14(21)8-13/h3-8,12,15-16,22H,9-11H2,1-2H3,(H,25,26)(H,27,28)/t15?,16-,20?/m0/s1. The van der Waals surface area contributed by atoms with E-state index in [-0.39, 0.29) is 24.1 Å². The number of aromatic nitrogens is 2. The van der Waals surface area contributed by atoms with Crippen molar-refractivity contribution in [2.45, 2.75) is 44.9 Å². The molecule has 9 heteroatoms. The van der Waals surface area contributed by atoms with E-state index in [1.165, 1.54) is 15.3 Å². The summed E-state index contributed by atoms with van der Waals surface area (Å²) in [6.07, 6.45) is 3.45. The van der Waals surface area contributed by atoms with Gasteiger partial charge in [-0.15, -0.1) is 0 Å². The Labute approximate surface area is 172 Å². The highest BCUT2D eigenvalue weighted by Gasteiger charge is 2.62. The molecule has 1 aliphatic carbocycles. The Kier molecular flexibility index (Phi) is 5.86. The van der Waals surface area contributed by atoms with Gasteiger partial charge in [0.1, 0.15) is 11.6 Å². The third kappa shape index (κ3) is 4.38. The second-order valence-electron chi connectivity index (χ2n) is 7.86. The van der Waals surface area contributed by atoms with E-state index in [2.05, 4.69) is 5.32 Å². The number of nitrogens with zero attached hydrogens (tertiary/aromatic N) is 2. The van der Waals surface area contributed by atoms with Gasteiger partial charge >= 0.3 is 17.6 Å². The van der Waals surface area contributed by atoms with Crippen LogP contribution < -0.4 is 11.0 Å². The van der Waals surface area contributed by atoms with Crippen molar-refractivity contribution in [2.75, 3.05) is 0 Å². The number of hydrogen-bond donors (Lipinski definition) is 3. The van der Waals surface area contributed by atoms with E-state index in [1.54, 1.807) is 24.4 Å². The summed E-state index contributed by atoms with van der Waals surface area (Å²) in [6, 6.07) is 5.92. The molecule has 1 fully saturated rings. The Morgan fingerprint density at radius 2 is 1.97 bits per heavy atom. The number of aliphatic carboxylic acids is 2. The first-order chi connectivity index (χ1) is 13.6. The second kappa shape index (κ2) is 8.04. The van der Waals surface area contributed by atoms with Gasteiger partial charge in [0.15, 0.2) is 0 Å². The second-order valence-corrected chi connectivity index (χ2v) is 8.29. The third-order valence-electron chi connectivity index (χ3n) is 5.47. The van der Waals surface area contributed by atoms with Gasteiger partial charge in [-0.05, 0) is 36.0 Å². The average molecular weight is 422 g/mol. The molecule has 0 bridgehead atoms. The van der Waals surface area contributed by atoms with Crippen molar-refractivity contribution in [1.82, 2.24) is 14.5 Å². The zero-order chi connectivity index (χ0) is 21.3. The number of hydrogen-bond acceptors (Lipinski definition) is 4. The first-order valence-electron chi connectivity index (χ1n) is 9.38. The monoisotopic (exact) mass is 421 g/mol.